The van der Waals surface area contributed by atoms with E-state index in [0.29, 0.717) is 11.6 Å². The van der Waals surface area contributed by atoms with Crippen LogP contribution in [0.4, 0.5) is 10.1 Å². The van der Waals surface area contributed by atoms with Crippen LogP contribution in [0.5, 0.6) is 0 Å². The molecule has 0 bridgehead atoms. The van der Waals surface area contributed by atoms with E-state index in [1.165, 1.54) is 23.8 Å². The Morgan fingerprint density at radius 3 is 2.72 bits per heavy atom. The summed E-state index contributed by atoms with van der Waals surface area (Å²) in [7, 11) is 0. The lowest BCUT2D eigenvalue weighted by molar-refractivity contribution is -0.114. The first kappa shape index (κ1) is 17.1. The van der Waals surface area contributed by atoms with Crippen molar-refractivity contribution in [3.63, 3.8) is 0 Å². The van der Waals surface area contributed by atoms with Gasteiger partial charge >= 0.3 is 0 Å². The Bertz CT molecular complexity index is 771. The van der Waals surface area contributed by atoms with Crippen LogP contribution >= 0.6 is 0 Å². The van der Waals surface area contributed by atoms with Gasteiger partial charge in [-0.1, -0.05) is 18.2 Å². The molecule has 1 amide bonds. The molecule has 0 aromatic heterocycles. The number of carbonyl (C=O) groups excluding carboxylic acids is 1. The number of carbonyl (C=O) groups is 1. The molecule has 1 fully saturated rings. The molecule has 5 nitrogen and oxygen atoms in total. The molecule has 0 spiro atoms. The van der Waals surface area contributed by atoms with E-state index in [-0.39, 0.29) is 16.9 Å². The van der Waals surface area contributed by atoms with Crippen LogP contribution in [-0.4, -0.2) is 24.7 Å². The van der Waals surface area contributed by atoms with Gasteiger partial charge in [0.15, 0.2) is 0 Å². The van der Waals surface area contributed by atoms with Crippen molar-refractivity contribution in [1.29, 1.82) is 5.41 Å². The molecule has 1 aromatic rings. The molecule has 25 heavy (non-hydrogen) atoms. The largest absolute Gasteiger partial charge is 0.366 e. The number of benzene rings is 1. The number of hydrogen-bond acceptors (Lipinski definition) is 4. The highest BCUT2D eigenvalue weighted by Gasteiger charge is 2.20. The summed E-state index contributed by atoms with van der Waals surface area (Å²) in [4.78, 5) is 11.3. The number of piperidine rings is 1. The minimum atomic E-state index is -0.745. The minimum Gasteiger partial charge on any atom is -0.366 e. The molecule has 1 unspecified atom stereocenters. The van der Waals surface area contributed by atoms with Crippen LogP contribution in [0.2, 0.25) is 0 Å². The van der Waals surface area contributed by atoms with Crippen LogP contribution in [0, 0.1) is 5.41 Å². The smallest absolute Gasteiger partial charge is 0.250 e. The minimum absolute atomic E-state index is 0.00500. The van der Waals surface area contributed by atoms with Gasteiger partial charge in [0.2, 0.25) is 5.95 Å². The summed E-state index contributed by atoms with van der Waals surface area (Å²) in [5.74, 6) is -0.936. The van der Waals surface area contributed by atoms with Crippen LogP contribution in [0.15, 0.2) is 59.6 Å². The molecule has 1 heterocycles. The molecule has 0 radical (unpaired) electrons. The van der Waals surface area contributed by atoms with Gasteiger partial charge in [-0.3, -0.25) is 10.2 Å². The number of allylic oxidation sites excluding steroid dienone is 4. The fourth-order valence-corrected chi connectivity index (χ4v) is 3.11. The average molecular weight is 340 g/mol. The second-order valence-electron chi connectivity index (χ2n) is 6.20. The summed E-state index contributed by atoms with van der Waals surface area (Å²) in [6.07, 6.45) is 6.68. The third-order valence-corrected chi connectivity index (χ3v) is 4.50. The molecule has 0 saturated carbocycles. The number of hydrogen-bond donors (Lipinski definition) is 4. The van der Waals surface area contributed by atoms with Gasteiger partial charge in [-0.25, -0.2) is 0 Å². The Morgan fingerprint density at radius 2 is 2.08 bits per heavy atom. The normalized spacial score (nSPS) is 22.4. The van der Waals surface area contributed by atoms with Crippen molar-refractivity contribution >= 4 is 17.3 Å². The van der Waals surface area contributed by atoms with E-state index in [1.54, 1.807) is 0 Å². The van der Waals surface area contributed by atoms with Gasteiger partial charge in [-0.2, -0.15) is 4.39 Å². The maximum atomic E-state index is 14.5. The summed E-state index contributed by atoms with van der Waals surface area (Å²) in [5.41, 5.74) is 6.82. The maximum absolute atomic E-state index is 14.5. The first-order valence-electron chi connectivity index (χ1n) is 8.31. The van der Waals surface area contributed by atoms with Crippen LogP contribution in [0.25, 0.3) is 0 Å². The van der Waals surface area contributed by atoms with Gasteiger partial charge in [0, 0.05) is 12.2 Å². The monoisotopic (exact) mass is 340 g/mol. The lowest BCUT2D eigenvalue weighted by Crippen LogP contribution is -2.28. The third kappa shape index (κ3) is 3.85. The van der Waals surface area contributed by atoms with Gasteiger partial charge in [0.1, 0.15) is 0 Å². The molecule has 1 aliphatic carbocycles. The highest BCUT2D eigenvalue weighted by atomic mass is 19.1. The summed E-state index contributed by atoms with van der Waals surface area (Å²) in [6.45, 7) is 2.03. The van der Waals surface area contributed by atoms with Gasteiger partial charge in [-0.05, 0) is 55.2 Å². The van der Waals surface area contributed by atoms with Crippen molar-refractivity contribution in [2.75, 3.05) is 18.4 Å². The molecule has 1 atom stereocenters. The number of rotatable bonds is 4. The number of amides is 1. The van der Waals surface area contributed by atoms with E-state index in [2.05, 4.69) is 10.6 Å². The number of nitrogens with one attached hydrogen (secondary N) is 3. The molecular weight excluding hydrogens is 319 g/mol. The van der Waals surface area contributed by atoms with E-state index in [1.807, 2.05) is 24.3 Å². The topological polar surface area (TPSA) is 91.0 Å². The zero-order valence-corrected chi connectivity index (χ0v) is 13.8. The quantitative estimate of drug-likeness (QED) is 0.635. The zero-order valence-electron chi connectivity index (χ0n) is 13.8. The SMILES string of the molecule is N=C1C(C(N)=O)=CC=C/C1=C(\F)Nc1ccc(C2CCCNC2)cc1. The lowest BCUT2D eigenvalue weighted by atomic mass is 9.91. The van der Waals surface area contributed by atoms with Gasteiger partial charge in [0.05, 0.1) is 16.9 Å². The summed E-state index contributed by atoms with van der Waals surface area (Å²) < 4.78 is 14.5. The van der Waals surface area contributed by atoms with E-state index in [0.717, 1.165) is 25.9 Å². The Balaban J connectivity index is 1.73. The molecule has 1 aromatic carbocycles. The lowest BCUT2D eigenvalue weighted by Gasteiger charge is -2.23. The van der Waals surface area contributed by atoms with E-state index >= 15 is 0 Å². The van der Waals surface area contributed by atoms with E-state index in [4.69, 9.17) is 11.1 Å². The average Bonchev–Trinajstić information content (AvgIpc) is 2.63. The van der Waals surface area contributed by atoms with Crippen molar-refractivity contribution in [3.8, 4) is 0 Å². The Labute approximate surface area is 146 Å². The van der Waals surface area contributed by atoms with Gasteiger partial charge in [0.25, 0.3) is 5.91 Å². The third-order valence-electron chi connectivity index (χ3n) is 4.50. The van der Waals surface area contributed by atoms with Gasteiger partial charge in [-0.15, -0.1) is 0 Å². The van der Waals surface area contributed by atoms with Crippen molar-refractivity contribution in [1.82, 2.24) is 5.32 Å². The predicted molar refractivity (Wildman–Crippen MR) is 97.2 cm³/mol. The Kier molecular flexibility index (Phi) is 5.09. The van der Waals surface area contributed by atoms with Crippen molar-refractivity contribution in [2.24, 2.45) is 5.73 Å². The number of anilines is 1. The number of halogens is 1. The summed E-state index contributed by atoms with van der Waals surface area (Å²) >= 11 is 0. The number of nitrogens with two attached hydrogens (primary N) is 1. The van der Waals surface area contributed by atoms with Crippen LogP contribution in [-0.2, 0) is 4.79 Å². The van der Waals surface area contributed by atoms with Gasteiger partial charge < -0.3 is 16.4 Å². The molecule has 1 aliphatic heterocycles. The number of primary amides is 1. The highest BCUT2D eigenvalue weighted by molar-refractivity contribution is 6.28. The molecule has 130 valence electrons. The Morgan fingerprint density at radius 1 is 1.32 bits per heavy atom. The van der Waals surface area contributed by atoms with Crippen LogP contribution < -0.4 is 16.4 Å². The van der Waals surface area contributed by atoms with Crippen molar-refractivity contribution in [2.45, 2.75) is 18.8 Å². The molecule has 5 N–H and O–H groups in total. The molecule has 1 saturated heterocycles. The predicted octanol–water partition coefficient (Wildman–Crippen LogP) is 2.75. The summed E-state index contributed by atoms with van der Waals surface area (Å²) in [6, 6.07) is 7.64. The van der Waals surface area contributed by atoms with Crippen LogP contribution in [0.1, 0.15) is 24.3 Å². The van der Waals surface area contributed by atoms with Crippen molar-refractivity contribution in [3.05, 3.63) is 65.2 Å². The van der Waals surface area contributed by atoms with E-state index < -0.39 is 11.9 Å². The molecule has 2 aliphatic rings. The maximum Gasteiger partial charge on any atom is 0.250 e. The summed E-state index contributed by atoms with van der Waals surface area (Å²) in [5, 5.41) is 14.0. The zero-order chi connectivity index (χ0) is 17.8. The first-order chi connectivity index (χ1) is 12.1. The molecule has 6 heteroatoms. The van der Waals surface area contributed by atoms with Crippen LogP contribution in [0.3, 0.4) is 0 Å². The second kappa shape index (κ2) is 7.44. The molecule has 3 rings (SSSR count). The van der Waals surface area contributed by atoms with E-state index in [9.17, 15) is 9.18 Å². The fraction of sp³-hybridized carbons (Fsp3) is 0.263. The fourth-order valence-electron chi connectivity index (χ4n) is 3.11. The molecular formula is C19H21FN4O. The Hall–Kier alpha value is -2.73. The highest BCUT2D eigenvalue weighted by Crippen LogP contribution is 2.26. The van der Waals surface area contributed by atoms with Crippen molar-refractivity contribution < 1.29 is 9.18 Å². The first-order valence-corrected chi connectivity index (χ1v) is 8.31. The second-order valence-corrected chi connectivity index (χ2v) is 6.20. The standard InChI is InChI=1S/C19H21FN4O/c20-18(15-4-1-5-16(17(15)21)19(22)25)24-14-8-6-12(7-9-14)13-3-2-10-23-11-13/h1,4-9,13,21,23-24H,2-3,10-11H2,(H2,22,25)/b18-15-,21-17?.